The summed E-state index contributed by atoms with van der Waals surface area (Å²) in [6.45, 7) is 5.37. The zero-order chi connectivity index (χ0) is 17.9. The molecule has 1 amide bonds. The molecule has 1 aliphatic heterocycles. The van der Waals surface area contributed by atoms with Gasteiger partial charge >= 0.3 is 5.69 Å². The predicted molar refractivity (Wildman–Crippen MR) is 87.1 cm³/mol. The van der Waals surface area contributed by atoms with Crippen LogP contribution in [0.5, 0.6) is 0 Å². The van der Waals surface area contributed by atoms with Crippen LogP contribution < -0.4 is 16.6 Å². The number of sulfonamides is 1. The summed E-state index contributed by atoms with van der Waals surface area (Å²) < 4.78 is 26.6. The van der Waals surface area contributed by atoms with Gasteiger partial charge in [-0.25, -0.2) is 13.2 Å². The van der Waals surface area contributed by atoms with E-state index in [1.54, 1.807) is 6.08 Å². The second-order valence-corrected chi connectivity index (χ2v) is 7.47. The molecule has 0 radical (unpaired) electrons. The normalized spacial score (nSPS) is 19.0. The van der Waals surface area contributed by atoms with Gasteiger partial charge in [-0.3, -0.25) is 14.6 Å². The molecule has 0 saturated carbocycles. The molecule has 0 bridgehead atoms. The third-order valence-electron chi connectivity index (χ3n) is 3.85. The number of aromatic amines is 2. The number of carbonyl (C=O) groups is 1. The van der Waals surface area contributed by atoms with Crippen LogP contribution in [0.1, 0.15) is 18.5 Å². The minimum atomic E-state index is -4.11. The molecule has 1 aromatic rings. The molecule has 132 valence electrons. The van der Waals surface area contributed by atoms with Crippen molar-refractivity contribution in [2.45, 2.75) is 24.7 Å². The number of nitrogens with zero attached hydrogens (tertiary/aromatic N) is 1. The SMILES string of the molecule is C=CCNC(=O)[C@@H]1CCCN(S(=O)(=O)c2c(C)[nH]c(=O)[nH]c2=O)C1. The van der Waals surface area contributed by atoms with Crippen molar-refractivity contribution in [3.8, 4) is 0 Å². The maximum Gasteiger partial charge on any atom is 0.325 e. The van der Waals surface area contributed by atoms with Gasteiger partial charge < -0.3 is 10.3 Å². The molecule has 2 heterocycles. The summed E-state index contributed by atoms with van der Waals surface area (Å²) in [6.07, 6.45) is 2.61. The van der Waals surface area contributed by atoms with Crippen molar-refractivity contribution in [3.05, 3.63) is 39.2 Å². The second kappa shape index (κ2) is 7.14. The van der Waals surface area contributed by atoms with Crippen molar-refractivity contribution >= 4 is 15.9 Å². The van der Waals surface area contributed by atoms with Gasteiger partial charge in [0.15, 0.2) is 4.90 Å². The Hall–Kier alpha value is -2.20. The van der Waals surface area contributed by atoms with Crippen LogP contribution in [0.3, 0.4) is 0 Å². The minimum absolute atomic E-state index is 0.0106. The molecule has 1 saturated heterocycles. The Bertz CT molecular complexity index is 855. The quantitative estimate of drug-likeness (QED) is 0.587. The third kappa shape index (κ3) is 3.65. The van der Waals surface area contributed by atoms with E-state index in [1.807, 2.05) is 4.98 Å². The molecule has 1 aliphatic rings. The smallest absolute Gasteiger partial charge is 0.325 e. The molecule has 0 aliphatic carbocycles. The highest BCUT2D eigenvalue weighted by atomic mass is 32.2. The lowest BCUT2D eigenvalue weighted by Gasteiger charge is -2.31. The summed E-state index contributed by atoms with van der Waals surface area (Å²) in [5.74, 6) is -0.738. The first-order chi connectivity index (χ1) is 11.3. The maximum atomic E-state index is 12.8. The lowest BCUT2D eigenvalue weighted by Crippen LogP contribution is -2.47. The van der Waals surface area contributed by atoms with Gasteiger partial charge in [0.25, 0.3) is 5.56 Å². The number of carbonyl (C=O) groups excluding carboxylic acids is 1. The molecule has 1 atom stereocenters. The molecule has 1 fully saturated rings. The summed E-state index contributed by atoms with van der Waals surface area (Å²) in [6, 6.07) is 0. The van der Waals surface area contributed by atoms with E-state index < -0.39 is 32.1 Å². The average molecular weight is 356 g/mol. The van der Waals surface area contributed by atoms with Crippen LogP contribution in [0.15, 0.2) is 27.1 Å². The molecule has 3 N–H and O–H groups in total. The Balaban J connectivity index is 2.30. The topological polar surface area (TPSA) is 132 Å². The zero-order valence-corrected chi connectivity index (χ0v) is 14.1. The number of aryl methyl sites for hydroxylation is 1. The molecular weight excluding hydrogens is 336 g/mol. The number of aromatic nitrogens is 2. The number of nitrogens with one attached hydrogen (secondary N) is 3. The van der Waals surface area contributed by atoms with Crippen LogP contribution in [-0.2, 0) is 14.8 Å². The summed E-state index contributed by atoms with van der Waals surface area (Å²) in [5.41, 5.74) is -1.76. The number of H-pyrrole nitrogens is 2. The molecular formula is C14H20N4O5S. The van der Waals surface area contributed by atoms with Crippen LogP contribution in [0.2, 0.25) is 0 Å². The fourth-order valence-electron chi connectivity index (χ4n) is 2.72. The minimum Gasteiger partial charge on any atom is -0.352 e. The van der Waals surface area contributed by atoms with E-state index in [0.29, 0.717) is 19.4 Å². The second-order valence-electron chi connectivity index (χ2n) is 5.60. The highest BCUT2D eigenvalue weighted by Crippen LogP contribution is 2.23. The van der Waals surface area contributed by atoms with E-state index in [1.165, 1.54) is 6.92 Å². The first kappa shape index (κ1) is 18.1. The Kier molecular flexibility index (Phi) is 5.40. The van der Waals surface area contributed by atoms with Crippen molar-refractivity contribution in [3.63, 3.8) is 0 Å². The zero-order valence-electron chi connectivity index (χ0n) is 13.3. The first-order valence-electron chi connectivity index (χ1n) is 7.49. The summed E-state index contributed by atoms with van der Waals surface area (Å²) >= 11 is 0. The summed E-state index contributed by atoms with van der Waals surface area (Å²) in [5, 5.41) is 2.65. The van der Waals surface area contributed by atoms with Crippen LogP contribution in [0, 0.1) is 12.8 Å². The fraction of sp³-hybridized carbons (Fsp3) is 0.500. The first-order valence-corrected chi connectivity index (χ1v) is 8.93. The van der Waals surface area contributed by atoms with Gasteiger partial charge in [-0.2, -0.15) is 4.31 Å². The lowest BCUT2D eigenvalue weighted by molar-refractivity contribution is -0.125. The molecule has 24 heavy (non-hydrogen) atoms. The van der Waals surface area contributed by atoms with Crippen LogP contribution in [0.25, 0.3) is 0 Å². The van der Waals surface area contributed by atoms with Gasteiger partial charge in [0.05, 0.1) is 5.92 Å². The van der Waals surface area contributed by atoms with Gasteiger partial charge in [-0.15, -0.1) is 6.58 Å². The summed E-state index contributed by atoms with van der Waals surface area (Å²) in [4.78, 5) is 38.9. The van der Waals surface area contributed by atoms with Gasteiger partial charge in [0.1, 0.15) is 0 Å². The number of piperidine rings is 1. The highest BCUT2D eigenvalue weighted by Gasteiger charge is 2.35. The summed E-state index contributed by atoms with van der Waals surface area (Å²) in [7, 11) is -4.11. The van der Waals surface area contributed by atoms with Crippen molar-refractivity contribution in [2.75, 3.05) is 19.6 Å². The van der Waals surface area contributed by atoms with Crippen molar-refractivity contribution in [2.24, 2.45) is 5.92 Å². The van der Waals surface area contributed by atoms with Gasteiger partial charge in [0, 0.05) is 25.3 Å². The number of amides is 1. The number of rotatable bonds is 5. The average Bonchev–Trinajstić information content (AvgIpc) is 2.51. The van der Waals surface area contributed by atoms with Gasteiger partial charge in [-0.1, -0.05) is 6.08 Å². The van der Waals surface area contributed by atoms with Crippen molar-refractivity contribution in [1.82, 2.24) is 19.6 Å². The molecule has 9 nitrogen and oxygen atoms in total. The van der Waals surface area contributed by atoms with Crippen LogP contribution >= 0.6 is 0 Å². The largest absolute Gasteiger partial charge is 0.352 e. The molecule has 1 aromatic heterocycles. The van der Waals surface area contributed by atoms with E-state index in [2.05, 4.69) is 16.9 Å². The van der Waals surface area contributed by atoms with Gasteiger partial charge in [-0.05, 0) is 19.8 Å². The van der Waals surface area contributed by atoms with E-state index in [4.69, 9.17) is 0 Å². The van der Waals surface area contributed by atoms with E-state index in [-0.39, 0.29) is 24.7 Å². The van der Waals surface area contributed by atoms with Gasteiger partial charge in [0.2, 0.25) is 15.9 Å². The molecule has 0 unspecified atom stereocenters. The van der Waals surface area contributed by atoms with Crippen molar-refractivity contribution < 1.29 is 13.2 Å². The van der Waals surface area contributed by atoms with Crippen LogP contribution in [0.4, 0.5) is 0 Å². The predicted octanol–water partition coefficient (Wildman–Crippen LogP) is -0.925. The van der Waals surface area contributed by atoms with Crippen LogP contribution in [-0.4, -0.2) is 48.2 Å². The molecule has 0 spiro atoms. The third-order valence-corrected chi connectivity index (χ3v) is 5.87. The lowest BCUT2D eigenvalue weighted by atomic mass is 9.99. The Morgan fingerprint density at radius 2 is 2.12 bits per heavy atom. The van der Waals surface area contributed by atoms with E-state index in [9.17, 15) is 22.8 Å². The Labute approximate surface area is 138 Å². The molecule has 2 rings (SSSR count). The Morgan fingerprint density at radius 3 is 2.75 bits per heavy atom. The van der Waals surface area contributed by atoms with E-state index >= 15 is 0 Å². The standard InChI is InChI=1S/C14H20N4O5S/c1-3-6-15-12(19)10-5-4-7-18(8-10)24(22,23)11-9(2)16-14(21)17-13(11)20/h3,10H,1,4-8H2,2H3,(H,15,19)(H2,16,17,20,21)/t10-/m1/s1. The monoisotopic (exact) mass is 356 g/mol. The number of hydrogen-bond donors (Lipinski definition) is 3. The number of hydrogen-bond acceptors (Lipinski definition) is 5. The van der Waals surface area contributed by atoms with Crippen molar-refractivity contribution in [1.29, 1.82) is 0 Å². The maximum absolute atomic E-state index is 12.8. The molecule has 0 aromatic carbocycles. The molecule has 10 heteroatoms. The Morgan fingerprint density at radius 1 is 1.42 bits per heavy atom. The fourth-order valence-corrected chi connectivity index (χ4v) is 4.45. The highest BCUT2D eigenvalue weighted by molar-refractivity contribution is 7.89. The van der Waals surface area contributed by atoms with E-state index in [0.717, 1.165) is 4.31 Å².